The highest BCUT2D eigenvalue weighted by atomic mass is 32.2. The molecule has 2 heterocycles. The van der Waals surface area contributed by atoms with E-state index in [4.69, 9.17) is 0 Å². The highest BCUT2D eigenvalue weighted by Crippen LogP contribution is 2.25. The van der Waals surface area contributed by atoms with E-state index in [9.17, 15) is 13.0 Å². The van der Waals surface area contributed by atoms with Crippen LogP contribution in [0.5, 0.6) is 0 Å². The molecule has 2 rings (SSSR count). The molecule has 2 aromatic rings. The third-order valence-corrected chi connectivity index (χ3v) is 6.94. The van der Waals surface area contributed by atoms with E-state index in [1.165, 1.54) is 16.2 Å². The molecule has 0 amide bonds. The normalized spacial score (nSPS) is 14.1. The predicted octanol–water partition coefficient (Wildman–Crippen LogP) is 3.52. The van der Waals surface area contributed by atoms with Crippen molar-refractivity contribution in [3.05, 3.63) is 44.8 Å². The second-order valence-electron chi connectivity index (χ2n) is 5.74. The van der Waals surface area contributed by atoms with Crippen LogP contribution in [0.25, 0.3) is 0 Å². The van der Waals surface area contributed by atoms with Crippen molar-refractivity contribution >= 4 is 32.8 Å². The fraction of sp³-hybridized carbons (Fsp3) is 0.467. The number of thiophene rings is 2. The quantitative estimate of drug-likeness (QED) is 0.708. The van der Waals surface area contributed by atoms with Crippen molar-refractivity contribution in [1.82, 2.24) is 5.32 Å². The summed E-state index contributed by atoms with van der Waals surface area (Å²) in [5.41, 5.74) is -0.207. The monoisotopic (exact) mass is 359 g/mol. The summed E-state index contributed by atoms with van der Waals surface area (Å²) in [6.45, 7) is 4.67. The maximum absolute atomic E-state index is 11.6. The average Bonchev–Trinajstić information content (AvgIpc) is 3.10. The minimum Gasteiger partial charge on any atom is -0.307 e. The molecule has 2 N–H and O–H groups in total. The average molecular weight is 360 g/mol. The van der Waals surface area contributed by atoms with Crippen molar-refractivity contribution in [2.24, 2.45) is 0 Å². The minimum atomic E-state index is -4.04. The Bertz CT molecular complexity index is 661. The number of hydrogen-bond acceptors (Lipinski definition) is 5. The highest BCUT2D eigenvalue weighted by Gasteiger charge is 2.26. The summed E-state index contributed by atoms with van der Waals surface area (Å²) < 4.78 is 32.6. The van der Waals surface area contributed by atoms with Crippen molar-refractivity contribution in [3.8, 4) is 0 Å². The van der Waals surface area contributed by atoms with Crippen LogP contribution in [-0.2, 0) is 22.1 Å². The smallest absolute Gasteiger partial charge is 0.268 e. The standard InChI is InChI=1S/C15H21NO3S3/c1-15(2,14-6-4-10-21-14)16-8-7-13(22(17,18)19)11-12-5-3-9-20-12/h3-6,9-10,13,16H,7-8,11H2,1-2H3,(H,17,18,19). The van der Waals surface area contributed by atoms with Crippen LogP contribution in [0.3, 0.4) is 0 Å². The zero-order valence-electron chi connectivity index (χ0n) is 12.7. The van der Waals surface area contributed by atoms with Gasteiger partial charge in [0.1, 0.15) is 0 Å². The second-order valence-corrected chi connectivity index (χ2v) is 9.41. The lowest BCUT2D eigenvalue weighted by Crippen LogP contribution is -2.38. The number of hydrogen-bond donors (Lipinski definition) is 2. The van der Waals surface area contributed by atoms with Gasteiger partial charge >= 0.3 is 0 Å². The molecule has 22 heavy (non-hydrogen) atoms. The number of rotatable bonds is 8. The first kappa shape index (κ1) is 17.6. The molecule has 0 spiro atoms. The molecular formula is C15H21NO3S3. The van der Waals surface area contributed by atoms with Crippen LogP contribution in [0.2, 0.25) is 0 Å². The Labute approximate surface area is 140 Å². The zero-order chi connectivity index (χ0) is 16.2. The summed E-state index contributed by atoms with van der Waals surface area (Å²) in [4.78, 5) is 2.18. The van der Waals surface area contributed by atoms with Gasteiger partial charge in [-0.05, 0) is 49.7 Å². The molecule has 0 aliphatic heterocycles. The van der Waals surface area contributed by atoms with Gasteiger partial charge in [0.05, 0.1) is 5.25 Å². The van der Waals surface area contributed by atoms with Gasteiger partial charge in [0, 0.05) is 21.7 Å². The Morgan fingerprint density at radius 3 is 2.45 bits per heavy atom. The first-order valence-corrected chi connectivity index (χ1v) is 10.3. The van der Waals surface area contributed by atoms with Gasteiger partial charge in [0.25, 0.3) is 10.1 Å². The zero-order valence-corrected chi connectivity index (χ0v) is 15.1. The van der Waals surface area contributed by atoms with Gasteiger partial charge in [0.2, 0.25) is 0 Å². The molecule has 0 aliphatic carbocycles. The third-order valence-electron chi connectivity index (χ3n) is 3.60. The molecule has 0 fully saturated rings. The van der Waals surface area contributed by atoms with Gasteiger partial charge in [-0.15, -0.1) is 22.7 Å². The Morgan fingerprint density at radius 1 is 1.23 bits per heavy atom. The Morgan fingerprint density at radius 2 is 1.91 bits per heavy atom. The molecule has 1 atom stereocenters. The molecule has 0 aromatic carbocycles. The molecule has 2 aromatic heterocycles. The van der Waals surface area contributed by atoms with Crippen LogP contribution in [-0.4, -0.2) is 24.8 Å². The van der Waals surface area contributed by atoms with Crippen LogP contribution in [0.1, 0.15) is 30.0 Å². The molecule has 122 valence electrons. The van der Waals surface area contributed by atoms with Crippen LogP contribution in [0, 0.1) is 0 Å². The lowest BCUT2D eigenvalue weighted by molar-refractivity contribution is 0.397. The fourth-order valence-corrected chi connectivity index (χ4v) is 4.80. The molecule has 0 saturated carbocycles. The van der Waals surface area contributed by atoms with E-state index >= 15 is 0 Å². The van der Waals surface area contributed by atoms with Gasteiger partial charge in [-0.2, -0.15) is 8.42 Å². The molecule has 1 unspecified atom stereocenters. The second kappa shape index (κ2) is 7.23. The van der Waals surface area contributed by atoms with E-state index in [-0.39, 0.29) is 5.54 Å². The maximum Gasteiger partial charge on any atom is 0.268 e. The van der Waals surface area contributed by atoms with Crippen molar-refractivity contribution in [2.75, 3.05) is 6.54 Å². The molecule has 0 saturated heterocycles. The fourth-order valence-electron chi connectivity index (χ4n) is 2.28. The van der Waals surface area contributed by atoms with E-state index in [0.717, 1.165) is 4.88 Å². The lowest BCUT2D eigenvalue weighted by Gasteiger charge is -2.26. The molecule has 0 bridgehead atoms. The van der Waals surface area contributed by atoms with Crippen molar-refractivity contribution in [3.63, 3.8) is 0 Å². The highest BCUT2D eigenvalue weighted by molar-refractivity contribution is 7.86. The van der Waals surface area contributed by atoms with Gasteiger partial charge in [-0.3, -0.25) is 4.55 Å². The summed E-state index contributed by atoms with van der Waals surface area (Å²) in [5, 5.41) is 6.55. The van der Waals surface area contributed by atoms with Crippen LogP contribution >= 0.6 is 22.7 Å². The summed E-state index contributed by atoms with van der Waals surface area (Å²) in [5.74, 6) is 0. The van der Waals surface area contributed by atoms with Crippen molar-refractivity contribution in [1.29, 1.82) is 0 Å². The van der Waals surface area contributed by atoms with Gasteiger partial charge in [0.15, 0.2) is 0 Å². The van der Waals surface area contributed by atoms with E-state index < -0.39 is 15.4 Å². The lowest BCUT2D eigenvalue weighted by atomic mass is 10.0. The van der Waals surface area contributed by atoms with E-state index in [1.807, 2.05) is 29.0 Å². The van der Waals surface area contributed by atoms with Crippen LogP contribution < -0.4 is 5.32 Å². The molecule has 7 heteroatoms. The summed E-state index contributed by atoms with van der Waals surface area (Å²) in [7, 11) is -4.04. The molecule has 0 radical (unpaired) electrons. The Balaban J connectivity index is 1.94. The summed E-state index contributed by atoms with van der Waals surface area (Å²) in [6, 6.07) is 7.84. The van der Waals surface area contributed by atoms with E-state index in [2.05, 4.69) is 25.2 Å². The first-order valence-electron chi connectivity index (χ1n) is 7.07. The largest absolute Gasteiger partial charge is 0.307 e. The van der Waals surface area contributed by atoms with Crippen LogP contribution in [0.15, 0.2) is 35.0 Å². The molecule has 4 nitrogen and oxygen atoms in total. The van der Waals surface area contributed by atoms with E-state index in [1.54, 1.807) is 11.3 Å². The summed E-state index contributed by atoms with van der Waals surface area (Å²) in [6.07, 6.45) is 0.739. The maximum atomic E-state index is 11.6. The van der Waals surface area contributed by atoms with Crippen LogP contribution in [0.4, 0.5) is 0 Å². The molecular weight excluding hydrogens is 338 g/mol. The minimum absolute atomic E-state index is 0.207. The number of nitrogens with one attached hydrogen (secondary N) is 1. The Kier molecular flexibility index (Phi) is 5.79. The van der Waals surface area contributed by atoms with Gasteiger partial charge in [-0.25, -0.2) is 0 Å². The molecule has 0 aliphatic rings. The third kappa shape index (κ3) is 4.89. The van der Waals surface area contributed by atoms with Gasteiger partial charge < -0.3 is 5.32 Å². The van der Waals surface area contributed by atoms with Crippen molar-refractivity contribution in [2.45, 2.75) is 37.5 Å². The van der Waals surface area contributed by atoms with Gasteiger partial charge in [-0.1, -0.05) is 12.1 Å². The summed E-state index contributed by atoms with van der Waals surface area (Å²) >= 11 is 3.18. The Hall–Kier alpha value is -0.730. The SMILES string of the molecule is CC(C)(NCCC(Cc1cccs1)S(=O)(=O)O)c1cccs1. The van der Waals surface area contributed by atoms with E-state index in [0.29, 0.717) is 19.4 Å². The van der Waals surface area contributed by atoms with Crippen molar-refractivity contribution < 1.29 is 13.0 Å². The first-order chi connectivity index (χ1) is 10.3. The predicted molar refractivity (Wildman–Crippen MR) is 93.3 cm³/mol. The topological polar surface area (TPSA) is 66.4 Å².